The molecule has 0 amide bonds. The van der Waals surface area contributed by atoms with Crippen LogP contribution in [0.25, 0.3) is 0 Å². The minimum Gasteiger partial charge on any atom is -0.313 e. The molecule has 1 aliphatic rings. The number of nitrogens with one attached hydrogen (secondary N) is 1. The molecule has 0 bridgehead atoms. The zero-order chi connectivity index (χ0) is 11.6. The molecule has 1 aliphatic carbocycles. The summed E-state index contributed by atoms with van der Waals surface area (Å²) in [4.78, 5) is 0. The Bertz CT molecular complexity index is 333. The third-order valence-corrected chi connectivity index (χ3v) is 3.55. The molecule has 0 aliphatic heterocycles. The molecule has 0 unspecified atom stereocenters. The Morgan fingerprint density at radius 3 is 2.31 bits per heavy atom. The average molecular weight is 217 g/mol. The Kier molecular flexibility index (Phi) is 3.34. The summed E-state index contributed by atoms with van der Waals surface area (Å²) in [6, 6.07) is 9.89. The van der Waals surface area contributed by atoms with Crippen LogP contribution >= 0.6 is 0 Å². The van der Waals surface area contributed by atoms with Gasteiger partial charge in [-0.3, -0.25) is 0 Å². The summed E-state index contributed by atoms with van der Waals surface area (Å²) in [5.74, 6) is 0. The van der Waals surface area contributed by atoms with Gasteiger partial charge in [0, 0.05) is 18.0 Å². The fourth-order valence-electron chi connectivity index (χ4n) is 1.98. The van der Waals surface area contributed by atoms with Crippen LogP contribution < -0.4 is 5.32 Å². The summed E-state index contributed by atoms with van der Waals surface area (Å²) in [6.07, 6.45) is 3.86. The highest BCUT2D eigenvalue weighted by atomic mass is 15.0. The van der Waals surface area contributed by atoms with Crippen LogP contribution in [0, 0.1) is 0 Å². The molecular formula is C15H23N. The Hall–Kier alpha value is -0.820. The highest BCUT2D eigenvalue weighted by molar-refractivity contribution is 5.28. The Labute approximate surface area is 99.3 Å². The van der Waals surface area contributed by atoms with Gasteiger partial charge in [0.15, 0.2) is 0 Å². The van der Waals surface area contributed by atoms with Gasteiger partial charge in [0.1, 0.15) is 0 Å². The van der Waals surface area contributed by atoms with E-state index in [0.29, 0.717) is 0 Å². The molecule has 2 rings (SSSR count). The SMILES string of the molecule is CCc1ccc(C(C)(C)CNC2CC2)cc1. The number of benzene rings is 1. The van der Waals surface area contributed by atoms with Crippen molar-refractivity contribution in [2.75, 3.05) is 6.54 Å². The van der Waals surface area contributed by atoms with Gasteiger partial charge < -0.3 is 5.32 Å². The molecule has 88 valence electrons. The third kappa shape index (κ3) is 2.85. The van der Waals surface area contributed by atoms with Crippen molar-refractivity contribution >= 4 is 0 Å². The van der Waals surface area contributed by atoms with E-state index in [1.54, 1.807) is 0 Å². The third-order valence-electron chi connectivity index (χ3n) is 3.55. The van der Waals surface area contributed by atoms with Crippen LogP contribution in [0.5, 0.6) is 0 Å². The molecular weight excluding hydrogens is 194 g/mol. The van der Waals surface area contributed by atoms with Crippen LogP contribution in [-0.2, 0) is 11.8 Å². The maximum Gasteiger partial charge on any atom is 0.00685 e. The molecule has 0 atom stereocenters. The van der Waals surface area contributed by atoms with Crippen molar-refractivity contribution in [3.8, 4) is 0 Å². The molecule has 0 heterocycles. The minimum absolute atomic E-state index is 0.245. The molecule has 0 spiro atoms. The molecule has 1 nitrogen and oxygen atoms in total. The largest absolute Gasteiger partial charge is 0.313 e. The smallest absolute Gasteiger partial charge is 0.00685 e. The topological polar surface area (TPSA) is 12.0 Å². The zero-order valence-corrected chi connectivity index (χ0v) is 10.7. The van der Waals surface area contributed by atoms with E-state index in [2.05, 4.69) is 50.4 Å². The van der Waals surface area contributed by atoms with Gasteiger partial charge in [-0.05, 0) is 30.4 Å². The first kappa shape index (κ1) is 11.7. The van der Waals surface area contributed by atoms with Crippen molar-refractivity contribution in [3.05, 3.63) is 35.4 Å². The first-order chi connectivity index (χ1) is 7.62. The van der Waals surface area contributed by atoms with Crippen LogP contribution in [0.2, 0.25) is 0 Å². The monoisotopic (exact) mass is 217 g/mol. The van der Waals surface area contributed by atoms with Crippen molar-refractivity contribution < 1.29 is 0 Å². The molecule has 1 fully saturated rings. The average Bonchev–Trinajstić information content (AvgIpc) is 3.10. The molecule has 0 radical (unpaired) electrons. The zero-order valence-electron chi connectivity index (χ0n) is 10.7. The van der Waals surface area contributed by atoms with E-state index in [1.807, 2.05) is 0 Å². The van der Waals surface area contributed by atoms with Gasteiger partial charge >= 0.3 is 0 Å². The van der Waals surface area contributed by atoms with E-state index in [-0.39, 0.29) is 5.41 Å². The van der Waals surface area contributed by atoms with E-state index in [1.165, 1.54) is 24.0 Å². The number of rotatable bonds is 5. The van der Waals surface area contributed by atoms with Crippen LogP contribution in [0.15, 0.2) is 24.3 Å². The lowest BCUT2D eigenvalue weighted by atomic mass is 9.84. The second-order valence-corrected chi connectivity index (χ2v) is 5.59. The minimum atomic E-state index is 0.245. The van der Waals surface area contributed by atoms with Crippen LogP contribution in [0.3, 0.4) is 0 Å². The van der Waals surface area contributed by atoms with Gasteiger partial charge in [0.25, 0.3) is 0 Å². The predicted octanol–water partition coefficient (Wildman–Crippen LogP) is 3.28. The first-order valence-corrected chi connectivity index (χ1v) is 6.44. The summed E-state index contributed by atoms with van der Waals surface area (Å²) in [5, 5.41) is 3.62. The lowest BCUT2D eigenvalue weighted by Gasteiger charge is -2.26. The van der Waals surface area contributed by atoms with Crippen molar-refractivity contribution in [1.29, 1.82) is 0 Å². The normalized spacial score (nSPS) is 16.4. The van der Waals surface area contributed by atoms with Crippen molar-refractivity contribution in [3.63, 3.8) is 0 Å². The molecule has 1 N–H and O–H groups in total. The lowest BCUT2D eigenvalue weighted by Crippen LogP contribution is -2.34. The maximum atomic E-state index is 3.62. The van der Waals surface area contributed by atoms with Crippen LogP contribution in [-0.4, -0.2) is 12.6 Å². The second-order valence-electron chi connectivity index (χ2n) is 5.59. The van der Waals surface area contributed by atoms with Gasteiger partial charge in [-0.2, -0.15) is 0 Å². The maximum absolute atomic E-state index is 3.62. The summed E-state index contributed by atoms with van der Waals surface area (Å²) < 4.78 is 0. The van der Waals surface area contributed by atoms with E-state index in [0.717, 1.165) is 19.0 Å². The van der Waals surface area contributed by atoms with Crippen molar-refractivity contribution in [1.82, 2.24) is 5.32 Å². The van der Waals surface area contributed by atoms with Gasteiger partial charge in [-0.1, -0.05) is 45.0 Å². The summed E-state index contributed by atoms with van der Waals surface area (Å²) in [6.45, 7) is 7.94. The standard InChI is InChI=1S/C15H23N/c1-4-12-5-7-13(8-6-12)15(2,3)11-16-14-9-10-14/h5-8,14,16H,4,9-11H2,1-3H3. The molecule has 16 heavy (non-hydrogen) atoms. The summed E-state index contributed by atoms with van der Waals surface area (Å²) in [5.41, 5.74) is 3.11. The van der Waals surface area contributed by atoms with E-state index in [9.17, 15) is 0 Å². The summed E-state index contributed by atoms with van der Waals surface area (Å²) in [7, 11) is 0. The van der Waals surface area contributed by atoms with Crippen molar-refractivity contribution in [2.45, 2.75) is 51.5 Å². The molecule has 1 saturated carbocycles. The fraction of sp³-hybridized carbons (Fsp3) is 0.600. The van der Waals surface area contributed by atoms with Crippen LogP contribution in [0.1, 0.15) is 44.7 Å². The highest BCUT2D eigenvalue weighted by Gasteiger charge is 2.26. The van der Waals surface area contributed by atoms with Gasteiger partial charge in [0.05, 0.1) is 0 Å². The van der Waals surface area contributed by atoms with E-state index in [4.69, 9.17) is 0 Å². The van der Waals surface area contributed by atoms with E-state index >= 15 is 0 Å². The number of hydrogen-bond donors (Lipinski definition) is 1. The van der Waals surface area contributed by atoms with Crippen molar-refractivity contribution in [2.24, 2.45) is 0 Å². The number of hydrogen-bond acceptors (Lipinski definition) is 1. The molecule has 1 aromatic rings. The Balaban J connectivity index is 2.01. The van der Waals surface area contributed by atoms with Gasteiger partial charge in [-0.25, -0.2) is 0 Å². The Morgan fingerprint density at radius 2 is 1.81 bits per heavy atom. The highest BCUT2D eigenvalue weighted by Crippen LogP contribution is 2.25. The predicted molar refractivity (Wildman–Crippen MR) is 69.9 cm³/mol. The van der Waals surface area contributed by atoms with Gasteiger partial charge in [0.2, 0.25) is 0 Å². The molecule has 0 aromatic heterocycles. The van der Waals surface area contributed by atoms with Crippen LogP contribution in [0.4, 0.5) is 0 Å². The Morgan fingerprint density at radius 1 is 1.19 bits per heavy atom. The van der Waals surface area contributed by atoms with E-state index < -0.39 is 0 Å². The quantitative estimate of drug-likeness (QED) is 0.798. The molecule has 0 saturated heterocycles. The second kappa shape index (κ2) is 4.58. The lowest BCUT2D eigenvalue weighted by molar-refractivity contribution is 0.467. The molecule has 1 heteroatoms. The fourth-order valence-corrected chi connectivity index (χ4v) is 1.98. The first-order valence-electron chi connectivity index (χ1n) is 6.44. The van der Waals surface area contributed by atoms with Gasteiger partial charge in [-0.15, -0.1) is 0 Å². The summed E-state index contributed by atoms with van der Waals surface area (Å²) >= 11 is 0. The molecule has 1 aromatic carbocycles. The number of aryl methyl sites for hydroxylation is 1.